The number of carbonyl (C=O) groups is 1. The Morgan fingerprint density at radius 3 is 2.87 bits per heavy atom. The topological polar surface area (TPSA) is 63.4 Å². The number of hydrogen-bond acceptors (Lipinski definition) is 4. The number of aromatic amines is 1. The van der Waals surface area contributed by atoms with E-state index in [9.17, 15) is 13.6 Å². The Kier molecular flexibility index (Phi) is 5.81. The molecule has 8 heteroatoms. The number of alkyl halides is 2. The maximum atomic E-state index is 12.3. The number of rotatable bonds is 7. The van der Waals surface area contributed by atoms with Gasteiger partial charge in [-0.25, -0.2) is 4.79 Å². The number of aromatic nitrogens is 1. The summed E-state index contributed by atoms with van der Waals surface area (Å²) >= 11 is 5.80. The highest BCUT2D eigenvalue weighted by Gasteiger charge is 2.14. The lowest BCUT2D eigenvalue weighted by molar-refractivity contribution is -0.0498. The predicted octanol–water partition coefficient (Wildman–Crippen LogP) is 4.06. The van der Waals surface area contributed by atoms with Gasteiger partial charge in [-0.1, -0.05) is 17.7 Å². The van der Waals surface area contributed by atoms with Crippen molar-refractivity contribution in [3.05, 3.63) is 46.7 Å². The molecule has 23 heavy (non-hydrogen) atoms. The zero-order chi connectivity index (χ0) is 16.8. The van der Waals surface area contributed by atoms with Crippen LogP contribution in [0.4, 0.5) is 14.5 Å². The lowest BCUT2D eigenvalue weighted by Gasteiger charge is -2.11. The van der Waals surface area contributed by atoms with Crippen molar-refractivity contribution in [3.8, 4) is 5.75 Å². The molecule has 0 radical (unpaired) electrons. The van der Waals surface area contributed by atoms with Gasteiger partial charge >= 0.3 is 12.6 Å². The molecule has 0 saturated carbocycles. The summed E-state index contributed by atoms with van der Waals surface area (Å²) in [5, 5.41) is 3.13. The monoisotopic (exact) mass is 344 g/mol. The van der Waals surface area contributed by atoms with E-state index in [1.54, 1.807) is 25.3 Å². The number of ether oxygens (including phenoxy) is 2. The molecule has 2 aromatic rings. The van der Waals surface area contributed by atoms with Gasteiger partial charge in [-0.05, 0) is 30.7 Å². The van der Waals surface area contributed by atoms with Crippen LogP contribution in [0.3, 0.4) is 0 Å². The van der Waals surface area contributed by atoms with Crippen molar-refractivity contribution < 1.29 is 23.0 Å². The van der Waals surface area contributed by atoms with E-state index in [4.69, 9.17) is 16.3 Å². The minimum Gasteiger partial charge on any atom is -0.461 e. The number of anilines is 1. The predicted molar refractivity (Wildman–Crippen MR) is 82.2 cm³/mol. The van der Waals surface area contributed by atoms with Crippen LogP contribution in [0, 0.1) is 0 Å². The molecule has 5 nitrogen and oxygen atoms in total. The molecule has 0 spiro atoms. The second-order valence-corrected chi connectivity index (χ2v) is 4.89. The molecule has 1 aromatic carbocycles. The number of hydrogen-bond donors (Lipinski definition) is 2. The van der Waals surface area contributed by atoms with Crippen LogP contribution in [0.1, 0.15) is 23.0 Å². The van der Waals surface area contributed by atoms with Crippen LogP contribution in [-0.2, 0) is 11.3 Å². The molecule has 0 aliphatic heterocycles. The molecule has 0 atom stereocenters. The van der Waals surface area contributed by atoms with Crippen LogP contribution in [0.25, 0.3) is 0 Å². The van der Waals surface area contributed by atoms with E-state index in [1.165, 1.54) is 12.1 Å². The third-order valence-corrected chi connectivity index (χ3v) is 3.23. The fourth-order valence-corrected chi connectivity index (χ4v) is 2.09. The van der Waals surface area contributed by atoms with Gasteiger partial charge in [-0.15, -0.1) is 0 Å². The van der Waals surface area contributed by atoms with Crippen molar-refractivity contribution in [2.45, 2.75) is 20.1 Å². The quantitative estimate of drug-likeness (QED) is 0.743. The third kappa shape index (κ3) is 4.59. The molecule has 2 rings (SSSR count). The second-order valence-electron chi connectivity index (χ2n) is 4.48. The maximum absolute atomic E-state index is 12.3. The molecule has 0 aliphatic rings. The first kappa shape index (κ1) is 17.1. The molecule has 2 N–H and O–H groups in total. The molecule has 0 saturated heterocycles. The summed E-state index contributed by atoms with van der Waals surface area (Å²) in [6, 6.07) is 6.24. The molecule has 124 valence electrons. The highest BCUT2D eigenvalue weighted by atomic mass is 35.5. The van der Waals surface area contributed by atoms with Crippen LogP contribution in [0.15, 0.2) is 30.5 Å². The van der Waals surface area contributed by atoms with E-state index in [1.807, 2.05) is 0 Å². The van der Waals surface area contributed by atoms with E-state index < -0.39 is 12.6 Å². The smallest absolute Gasteiger partial charge is 0.387 e. The standard InChI is InChI=1S/C15H15ClF2N2O3/c1-2-22-14(21)13-11(5-6-19-13)20-8-9-3-4-10(16)12(7-9)23-15(17)18/h3-7,15,19-20H,2,8H2,1H3. The Morgan fingerprint density at radius 1 is 1.39 bits per heavy atom. The summed E-state index contributed by atoms with van der Waals surface area (Å²) in [6.45, 7) is -0.675. The average molecular weight is 345 g/mol. The van der Waals surface area contributed by atoms with Gasteiger partial charge in [0, 0.05) is 12.7 Å². The Hall–Kier alpha value is -2.28. The number of esters is 1. The van der Waals surface area contributed by atoms with Crippen LogP contribution in [-0.4, -0.2) is 24.2 Å². The normalized spacial score (nSPS) is 10.7. The lowest BCUT2D eigenvalue weighted by Crippen LogP contribution is -2.09. The van der Waals surface area contributed by atoms with E-state index in [2.05, 4.69) is 15.0 Å². The van der Waals surface area contributed by atoms with Gasteiger partial charge in [0.15, 0.2) is 0 Å². The maximum Gasteiger partial charge on any atom is 0.387 e. The number of nitrogens with one attached hydrogen (secondary N) is 2. The second kappa shape index (κ2) is 7.82. The fraction of sp³-hybridized carbons (Fsp3) is 0.267. The summed E-state index contributed by atoms with van der Waals surface area (Å²) < 4.78 is 33.9. The third-order valence-electron chi connectivity index (χ3n) is 2.92. The highest BCUT2D eigenvalue weighted by Crippen LogP contribution is 2.27. The van der Waals surface area contributed by atoms with Crippen LogP contribution in [0.2, 0.25) is 5.02 Å². The van der Waals surface area contributed by atoms with E-state index in [0.717, 1.165) is 0 Å². The number of H-pyrrole nitrogens is 1. The molecular weight excluding hydrogens is 330 g/mol. The Morgan fingerprint density at radius 2 is 2.17 bits per heavy atom. The minimum atomic E-state index is -2.95. The van der Waals surface area contributed by atoms with E-state index in [-0.39, 0.29) is 17.4 Å². The SMILES string of the molecule is CCOC(=O)c1[nH]ccc1NCc1ccc(Cl)c(OC(F)F)c1. The summed E-state index contributed by atoms with van der Waals surface area (Å²) in [5.74, 6) is -0.571. The summed E-state index contributed by atoms with van der Waals surface area (Å²) in [6.07, 6.45) is 1.60. The van der Waals surface area contributed by atoms with Crippen molar-refractivity contribution in [2.24, 2.45) is 0 Å². The van der Waals surface area contributed by atoms with Crippen molar-refractivity contribution >= 4 is 23.3 Å². The van der Waals surface area contributed by atoms with Gasteiger partial charge in [0.05, 0.1) is 17.3 Å². The molecule has 0 aliphatic carbocycles. The van der Waals surface area contributed by atoms with Gasteiger partial charge in [0.2, 0.25) is 0 Å². The first-order valence-electron chi connectivity index (χ1n) is 6.83. The minimum absolute atomic E-state index is 0.0966. The fourth-order valence-electron chi connectivity index (χ4n) is 1.93. The number of benzene rings is 1. The molecule has 1 heterocycles. The summed E-state index contributed by atoms with van der Waals surface area (Å²) in [5.41, 5.74) is 1.51. The Bertz CT molecular complexity index is 676. The van der Waals surface area contributed by atoms with E-state index >= 15 is 0 Å². The van der Waals surface area contributed by atoms with Crippen LogP contribution < -0.4 is 10.1 Å². The lowest BCUT2D eigenvalue weighted by atomic mass is 10.2. The van der Waals surface area contributed by atoms with Gasteiger partial charge in [0.1, 0.15) is 11.4 Å². The van der Waals surface area contributed by atoms with Gasteiger partial charge in [-0.3, -0.25) is 0 Å². The van der Waals surface area contributed by atoms with Gasteiger partial charge < -0.3 is 19.8 Å². The van der Waals surface area contributed by atoms with Crippen LogP contribution in [0.5, 0.6) is 5.75 Å². The zero-order valence-corrected chi connectivity index (χ0v) is 13.0. The molecular formula is C15H15ClF2N2O3. The first-order valence-corrected chi connectivity index (χ1v) is 7.20. The summed E-state index contributed by atoms with van der Waals surface area (Å²) in [7, 11) is 0. The van der Waals surface area contributed by atoms with Crippen molar-refractivity contribution in [1.82, 2.24) is 4.98 Å². The highest BCUT2D eigenvalue weighted by molar-refractivity contribution is 6.32. The van der Waals surface area contributed by atoms with E-state index in [0.29, 0.717) is 23.5 Å². The Balaban J connectivity index is 2.07. The van der Waals surface area contributed by atoms with Crippen molar-refractivity contribution in [1.29, 1.82) is 0 Å². The average Bonchev–Trinajstić information content (AvgIpc) is 2.96. The molecule has 1 aromatic heterocycles. The van der Waals surface area contributed by atoms with Gasteiger partial charge in [0.25, 0.3) is 0 Å². The van der Waals surface area contributed by atoms with Gasteiger partial charge in [-0.2, -0.15) is 8.78 Å². The van der Waals surface area contributed by atoms with Crippen LogP contribution >= 0.6 is 11.6 Å². The summed E-state index contributed by atoms with van der Waals surface area (Å²) in [4.78, 5) is 14.5. The molecule has 0 bridgehead atoms. The number of halogens is 3. The largest absolute Gasteiger partial charge is 0.461 e. The first-order chi connectivity index (χ1) is 11.0. The van der Waals surface area contributed by atoms with Crippen molar-refractivity contribution in [2.75, 3.05) is 11.9 Å². The zero-order valence-electron chi connectivity index (χ0n) is 12.2. The number of carbonyl (C=O) groups excluding carboxylic acids is 1. The van der Waals surface area contributed by atoms with Crippen molar-refractivity contribution in [3.63, 3.8) is 0 Å². The Labute approximate surface area is 136 Å². The molecule has 0 amide bonds. The molecule has 0 fully saturated rings. The molecule has 0 unspecified atom stereocenters.